The SMILES string of the molecule is CC1CCC(C(N)c2ccc3c(c2)CC(C)O3)CC1. The second-order valence-corrected chi connectivity index (χ2v) is 6.55. The van der Waals surface area contributed by atoms with Crippen molar-refractivity contribution in [2.24, 2.45) is 17.6 Å². The highest BCUT2D eigenvalue weighted by atomic mass is 16.5. The Balaban J connectivity index is 1.74. The first-order valence-electron chi connectivity index (χ1n) is 7.68. The van der Waals surface area contributed by atoms with E-state index in [1.807, 2.05) is 0 Å². The molecule has 1 aromatic rings. The van der Waals surface area contributed by atoms with E-state index in [-0.39, 0.29) is 6.04 Å². The average molecular weight is 259 g/mol. The van der Waals surface area contributed by atoms with Gasteiger partial charge in [0.05, 0.1) is 0 Å². The van der Waals surface area contributed by atoms with Crippen LogP contribution in [0.3, 0.4) is 0 Å². The largest absolute Gasteiger partial charge is 0.490 e. The fourth-order valence-corrected chi connectivity index (χ4v) is 3.57. The maximum Gasteiger partial charge on any atom is 0.123 e. The number of ether oxygens (including phenoxy) is 1. The van der Waals surface area contributed by atoms with Crippen molar-refractivity contribution < 1.29 is 4.74 Å². The molecule has 0 radical (unpaired) electrons. The van der Waals surface area contributed by atoms with Gasteiger partial charge in [-0.3, -0.25) is 0 Å². The molecule has 0 spiro atoms. The maximum atomic E-state index is 6.50. The van der Waals surface area contributed by atoms with Crippen LogP contribution in [0.4, 0.5) is 0 Å². The van der Waals surface area contributed by atoms with Gasteiger partial charge >= 0.3 is 0 Å². The molecule has 1 aliphatic carbocycles. The second kappa shape index (κ2) is 5.16. The standard InChI is InChI=1S/C17H25NO/c1-11-3-5-13(6-4-11)17(18)14-7-8-16-15(10-14)9-12(2)19-16/h7-8,10-13,17H,3-6,9,18H2,1-2H3. The average Bonchev–Trinajstić information content (AvgIpc) is 2.77. The molecular formula is C17H25NO. The minimum Gasteiger partial charge on any atom is -0.490 e. The lowest BCUT2D eigenvalue weighted by Crippen LogP contribution is -2.25. The van der Waals surface area contributed by atoms with E-state index >= 15 is 0 Å². The van der Waals surface area contributed by atoms with Gasteiger partial charge in [0.2, 0.25) is 0 Å². The Morgan fingerprint density at radius 2 is 1.89 bits per heavy atom. The van der Waals surface area contributed by atoms with Crippen molar-refractivity contribution in [2.75, 3.05) is 0 Å². The molecule has 3 rings (SSSR count). The van der Waals surface area contributed by atoms with Crippen LogP contribution in [0.5, 0.6) is 5.75 Å². The molecule has 2 aliphatic rings. The summed E-state index contributed by atoms with van der Waals surface area (Å²) in [4.78, 5) is 0. The molecule has 0 aromatic heterocycles. The minimum atomic E-state index is 0.203. The van der Waals surface area contributed by atoms with Crippen molar-refractivity contribution in [3.8, 4) is 5.75 Å². The van der Waals surface area contributed by atoms with Gasteiger partial charge in [0, 0.05) is 12.5 Å². The van der Waals surface area contributed by atoms with Crippen molar-refractivity contribution in [3.63, 3.8) is 0 Å². The molecule has 0 saturated heterocycles. The molecule has 2 N–H and O–H groups in total. The highest BCUT2D eigenvalue weighted by Gasteiger charge is 2.26. The molecule has 2 heteroatoms. The fourth-order valence-electron chi connectivity index (χ4n) is 3.57. The van der Waals surface area contributed by atoms with Gasteiger partial charge in [-0.15, -0.1) is 0 Å². The Kier molecular flexibility index (Phi) is 3.53. The first kappa shape index (κ1) is 13.0. The Morgan fingerprint density at radius 3 is 2.63 bits per heavy atom. The summed E-state index contributed by atoms with van der Waals surface area (Å²) in [6.07, 6.45) is 6.58. The van der Waals surface area contributed by atoms with E-state index < -0.39 is 0 Å². The van der Waals surface area contributed by atoms with E-state index in [0.29, 0.717) is 12.0 Å². The number of hydrogen-bond donors (Lipinski definition) is 1. The summed E-state index contributed by atoms with van der Waals surface area (Å²) in [5.41, 5.74) is 9.14. The topological polar surface area (TPSA) is 35.2 Å². The number of benzene rings is 1. The van der Waals surface area contributed by atoms with E-state index in [2.05, 4.69) is 32.0 Å². The van der Waals surface area contributed by atoms with Crippen LogP contribution in [-0.2, 0) is 6.42 Å². The fraction of sp³-hybridized carbons (Fsp3) is 0.647. The smallest absolute Gasteiger partial charge is 0.123 e. The number of hydrogen-bond acceptors (Lipinski definition) is 2. The quantitative estimate of drug-likeness (QED) is 0.876. The van der Waals surface area contributed by atoms with Crippen molar-refractivity contribution in [2.45, 2.75) is 58.1 Å². The number of fused-ring (bicyclic) bond motifs is 1. The molecule has 2 nitrogen and oxygen atoms in total. The van der Waals surface area contributed by atoms with E-state index in [0.717, 1.165) is 18.1 Å². The lowest BCUT2D eigenvalue weighted by molar-refractivity contribution is 0.254. The van der Waals surface area contributed by atoms with E-state index in [9.17, 15) is 0 Å². The summed E-state index contributed by atoms with van der Waals surface area (Å²) < 4.78 is 5.76. The zero-order chi connectivity index (χ0) is 13.4. The third kappa shape index (κ3) is 2.64. The van der Waals surface area contributed by atoms with Gasteiger partial charge in [-0.2, -0.15) is 0 Å². The molecule has 0 bridgehead atoms. The Morgan fingerprint density at radius 1 is 1.16 bits per heavy atom. The van der Waals surface area contributed by atoms with Crippen LogP contribution in [0.2, 0.25) is 0 Å². The van der Waals surface area contributed by atoms with Crippen LogP contribution in [0, 0.1) is 11.8 Å². The molecule has 2 atom stereocenters. The highest BCUT2D eigenvalue weighted by molar-refractivity contribution is 5.41. The molecule has 1 heterocycles. The summed E-state index contributed by atoms with van der Waals surface area (Å²) in [6, 6.07) is 6.76. The maximum absolute atomic E-state index is 6.50. The molecule has 2 unspecified atom stereocenters. The third-order valence-electron chi connectivity index (χ3n) is 4.87. The minimum absolute atomic E-state index is 0.203. The summed E-state index contributed by atoms with van der Waals surface area (Å²) in [5, 5.41) is 0. The Labute approximate surface area is 116 Å². The third-order valence-corrected chi connectivity index (χ3v) is 4.87. The van der Waals surface area contributed by atoms with Gasteiger partial charge in [0.15, 0.2) is 0 Å². The van der Waals surface area contributed by atoms with Gasteiger partial charge in [0.1, 0.15) is 11.9 Å². The first-order valence-corrected chi connectivity index (χ1v) is 7.68. The lowest BCUT2D eigenvalue weighted by Gasteiger charge is -2.31. The molecule has 104 valence electrons. The first-order chi connectivity index (χ1) is 9.13. The molecule has 1 saturated carbocycles. The Bertz CT molecular complexity index is 449. The van der Waals surface area contributed by atoms with Crippen LogP contribution >= 0.6 is 0 Å². The van der Waals surface area contributed by atoms with Crippen molar-refractivity contribution in [3.05, 3.63) is 29.3 Å². The van der Waals surface area contributed by atoms with E-state index in [1.165, 1.54) is 36.8 Å². The van der Waals surface area contributed by atoms with Gasteiger partial charge in [-0.05, 0) is 48.8 Å². The Hall–Kier alpha value is -1.02. The van der Waals surface area contributed by atoms with Crippen molar-refractivity contribution in [1.29, 1.82) is 0 Å². The molecule has 0 amide bonds. The molecule has 19 heavy (non-hydrogen) atoms. The van der Waals surface area contributed by atoms with Crippen LogP contribution in [0.25, 0.3) is 0 Å². The zero-order valence-corrected chi connectivity index (χ0v) is 12.1. The van der Waals surface area contributed by atoms with Gasteiger partial charge in [0.25, 0.3) is 0 Å². The monoisotopic (exact) mass is 259 g/mol. The highest BCUT2D eigenvalue weighted by Crippen LogP contribution is 2.37. The van der Waals surface area contributed by atoms with Crippen LogP contribution < -0.4 is 10.5 Å². The second-order valence-electron chi connectivity index (χ2n) is 6.55. The summed E-state index contributed by atoms with van der Waals surface area (Å²) in [5.74, 6) is 2.60. The van der Waals surface area contributed by atoms with Crippen LogP contribution in [0.15, 0.2) is 18.2 Å². The van der Waals surface area contributed by atoms with Crippen LogP contribution in [0.1, 0.15) is 56.7 Å². The zero-order valence-electron chi connectivity index (χ0n) is 12.1. The van der Waals surface area contributed by atoms with Gasteiger partial charge < -0.3 is 10.5 Å². The summed E-state index contributed by atoms with van der Waals surface area (Å²) in [7, 11) is 0. The summed E-state index contributed by atoms with van der Waals surface area (Å²) in [6.45, 7) is 4.48. The van der Waals surface area contributed by atoms with E-state index in [4.69, 9.17) is 10.5 Å². The molecule has 1 aromatic carbocycles. The van der Waals surface area contributed by atoms with Crippen molar-refractivity contribution in [1.82, 2.24) is 0 Å². The number of nitrogens with two attached hydrogens (primary N) is 1. The molecular weight excluding hydrogens is 234 g/mol. The summed E-state index contributed by atoms with van der Waals surface area (Å²) >= 11 is 0. The van der Waals surface area contributed by atoms with Gasteiger partial charge in [-0.1, -0.05) is 31.9 Å². The van der Waals surface area contributed by atoms with E-state index in [1.54, 1.807) is 0 Å². The van der Waals surface area contributed by atoms with Gasteiger partial charge in [-0.25, -0.2) is 0 Å². The molecule has 1 aliphatic heterocycles. The van der Waals surface area contributed by atoms with Crippen LogP contribution in [-0.4, -0.2) is 6.10 Å². The predicted molar refractivity (Wildman–Crippen MR) is 78.3 cm³/mol. The van der Waals surface area contributed by atoms with Crippen molar-refractivity contribution >= 4 is 0 Å². The number of rotatable bonds is 2. The predicted octanol–water partition coefficient (Wildman–Crippen LogP) is 3.84. The molecule has 1 fully saturated rings. The normalized spacial score (nSPS) is 31.6. The lowest BCUT2D eigenvalue weighted by atomic mass is 9.77.